The van der Waals surface area contributed by atoms with Crippen molar-refractivity contribution in [1.29, 1.82) is 0 Å². The molecule has 0 bridgehead atoms. The summed E-state index contributed by atoms with van der Waals surface area (Å²) >= 11 is 0. The normalized spacial score (nSPS) is 23.2. The van der Waals surface area contributed by atoms with Crippen molar-refractivity contribution in [3.8, 4) is 11.1 Å². The van der Waals surface area contributed by atoms with E-state index in [1.54, 1.807) is 0 Å². The third kappa shape index (κ3) is 2.70. The van der Waals surface area contributed by atoms with E-state index in [4.69, 9.17) is 0 Å². The Bertz CT molecular complexity index is 536. The van der Waals surface area contributed by atoms with Crippen LogP contribution in [0.5, 0.6) is 0 Å². The van der Waals surface area contributed by atoms with Crippen molar-refractivity contribution >= 4 is 0 Å². The lowest BCUT2D eigenvalue weighted by Gasteiger charge is -2.31. The van der Waals surface area contributed by atoms with E-state index in [1.807, 2.05) is 0 Å². The zero-order chi connectivity index (χ0) is 13.1. The number of hydrogen-bond donors (Lipinski definition) is 2. The molecular weight excluding hydrogens is 232 g/mol. The Morgan fingerprint density at radius 2 is 1.58 bits per heavy atom. The third-order valence-corrected chi connectivity index (χ3v) is 3.81. The quantitative estimate of drug-likeness (QED) is 0.858. The van der Waals surface area contributed by atoms with Gasteiger partial charge in [0, 0.05) is 25.2 Å². The van der Waals surface area contributed by atoms with E-state index in [2.05, 4.69) is 72.2 Å². The third-order valence-electron chi connectivity index (χ3n) is 3.81. The van der Waals surface area contributed by atoms with E-state index in [-0.39, 0.29) is 0 Å². The standard InChI is InChI=1S/C17H20N2/c1-13-17(19-11-10-18-13)16-9-5-8-15(12-16)14-6-3-2-4-7-14/h2-9,12-13,17-19H,10-11H2,1H3. The Balaban J connectivity index is 1.91. The number of hydrogen-bond acceptors (Lipinski definition) is 2. The molecular formula is C17H20N2. The van der Waals surface area contributed by atoms with Crippen molar-refractivity contribution in [2.45, 2.75) is 19.0 Å². The van der Waals surface area contributed by atoms with Gasteiger partial charge in [0.05, 0.1) is 0 Å². The lowest BCUT2D eigenvalue weighted by atomic mass is 9.95. The lowest BCUT2D eigenvalue weighted by molar-refractivity contribution is 0.345. The highest BCUT2D eigenvalue weighted by atomic mass is 15.1. The van der Waals surface area contributed by atoms with Crippen LogP contribution < -0.4 is 10.6 Å². The second-order valence-corrected chi connectivity index (χ2v) is 5.17. The Labute approximate surface area is 114 Å². The van der Waals surface area contributed by atoms with Crippen LogP contribution in [0.25, 0.3) is 11.1 Å². The molecule has 0 amide bonds. The minimum absolute atomic E-state index is 0.400. The fraction of sp³-hybridized carbons (Fsp3) is 0.294. The largest absolute Gasteiger partial charge is 0.311 e. The monoisotopic (exact) mass is 252 g/mol. The molecule has 1 heterocycles. The van der Waals surface area contributed by atoms with Crippen molar-refractivity contribution in [1.82, 2.24) is 10.6 Å². The van der Waals surface area contributed by atoms with Gasteiger partial charge < -0.3 is 10.6 Å². The summed E-state index contributed by atoms with van der Waals surface area (Å²) in [5.74, 6) is 0. The Kier molecular flexibility index (Phi) is 3.62. The van der Waals surface area contributed by atoms with Crippen molar-refractivity contribution < 1.29 is 0 Å². The molecule has 98 valence electrons. The number of benzene rings is 2. The summed E-state index contributed by atoms with van der Waals surface area (Å²) in [5, 5.41) is 7.13. The van der Waals surface area contributed by atoms with E-state index in [0.717, 1.165) is 13.1 Å². The minimum Gasteiger partial charge on any atom is -0.311 e. The van der Waals surface area contributed by atoms with Crippen LogP contribution in [0.15, 0.2) is 54.6 Å². The van der Waals surface area contributed by atoms with Gasteiger partial charge in [-0.15, -0.1) is 0 Å². The summed E-state index contributed by atoms with van der Waals surface area (Å²) in [6.07, 6.45) is 0. The Morgan fingerprint density at radius 1 is 0.842 bits per heavy atom. The van der Waals surface area contributed by atoms with Gasteiger partial charge in [-0.2, -0.15) is 0 Å². The van der Waals surface area contributed by atoms with Crippen LogP contribution in [-0.4, -0.2) is 19.1 Å². The van der Waals surface area contributed by atoms with Gasteiger partial charge in [-0.1, -0.05) is 48.5 Å². The molecule has 2 N–H and O–H groups in total. The van der Waals surface area contributed by atoms with Gasteiger partial charge >= 0.3 is 0 Å². The fourth-order valence-electron chi connectivity index (χ4n) is 2.77. The summed E-state index contributed by atoms with van der Waals surface area (Å²) in [5.41, 5.74) is 3.93. The van der Waals surface area contributed by atoms with Gasteiger partial charge in [0.1, 0.15) is 0 Å². The number of piperazine rings is 1. The summed E-state index contributed by atoms with van der Waals surface area (Å²) in [6.45, 7) is 4.33. The second-order valence-electron chi connectivity index (χ2n) is 5.17. The Hall–Kier alpha value is -1.64. The first kappa shape index (κ1) is 12.4. The molecule has 2 unspecified atom stereocenters. The zero-order valence-corrected chi connectivity index (χ0v) is 11.3. The van der Waals surface area contributed by atoms with Crippen molar-refractivity contribution in [3.05, 3.63) is 60.2 Å². The maximum Gasteiger partial charge on any atom is 0.0473 e. The molecule has 0 spiro atoms. The molecule has 1 fully saturated rings. The highest BCUT2D eigenvalue weighted by Crippen LogP contribution is 2.25. The van der Waals surface area contributed by atoms with Crippen LogP contribution in [-0.2, 0) is 0 Å². The van der Waals surface area contributed by atoms with Crippen LogP contribution in [0.4, 0.5) is 0 Å². The molecule has 2 aromatic rings. The van der Waals surface area contributed by atoms with Crippen LogP contribution in [0.3, 0.4) is 0 Å². The summed E-state index contributed by atoms with van der Waals surface area (Å²) < 4.78 is 0. The van der Waals surface area contributed by atoms with Crippen LogP contribution in [0.2, 0.25) is 0 Å². The molecule has 1 aliphatic rings. The minimum atomic E-state index is 0.400. The summed E-state index contributed by atoms with van der Waals surface area (Å²) in [6, 6.07) is 20.3. The van der Waals surface area contributed by atoms with Crippen LogP contribution in [0, 0.1) is 0 Å². The first-order valence-corrected chi connectivity index (χ1v) is 6.97. The molecule has 0 saturated carbocycles. The lowest BCUT2D eigenvalue weighted by Crippen LogP contribution is -2.48. The molecule has 0 aliphatic carbocycles. The van der Waals surface area contributed by atoms with E-state index in [0.29, 0.717) is 12.1 Å². The highest BCUT2D eigenvalue weighted by Gasteiger charge is 2.21. The van der Waals surface area contributed by atoms with Crippen molar-refractivity contribution in [2.75, 3.05) is 13.1 Å². The molecule has 2 atom stereocenters. The fourth-order valence-corrected chi connectivity index (χ4v) is 2.77. The predicted molar refractivity (Wildman–Crippen MR) is 80.1 cm³/mol. The van der Waals surface area contributed by atoms with Gasteiger partial charge in [-0.05, 0) is 29.7 Å². The van der Waals surface area contributed by atoms with Gasteiger partial charge in [0.2, 0.25) is 0 Å². The smallest absolute Gasteiger partial charge is 0.0473 e. The van der Waals surface area contributed by atoms with Gasteiger partial charge in [0.25, 0.3) is 0 Å². The van der Waals surface area contributed by atoms with E-state index in [9.17, 15) is 0 Å². The first-order valence-electron chi connectivity index (χ1n) is 6.97. The number of rotatable bonds is 2. The molecule has 2 heteroatoms. The Morgan fingerprint density at radius 3 is 2.37 bits per heavy atom. The van der Waals surface area contributed by atoms with Crippen molar-refractivity contribution in [3.63, 3.8) is 0 Å². The highest BCUT2D eigenvalue weighted by molar-refractivity contribution is 5.64. The zero-order valence-electron chi connectivity index (χ0n) is 11.3. The SMILES string of the molecule is CC1NCCNC1c1cccc(-c2ccccc2)c1. The van der Waals surface area contributed by atoms with E-state index >= 15 is 0 Å². The van der Waals surface area contributed by atoms with Crippen molar-refractivity contribution in [2.24, 2.45) is 0 Å². The van der Waals surface area contributed by atoms with E-state index < -0.39 is 0 Å². The van der Waals surface area contributed by atoms with Crippen LogP contribution >= 0.6 is 0 Å². The molecule has 19 heavy (non-hydrogen) atoms. The number of nitrogens with one attached hydrogen (secondary N) is 2. The maximum absolute atomic E-state index is 3.60. The second kappa shape index (κ2) is 5.55. The summed E-state index contributed by atoms with van der Waals surface area (Å²) in [7, 11) is 0. The van der Waals surface area contributed by atoms with Gasteiger partial charge in [-0.25, -0.2) is 0 Å². The average molecular weight is 252 g/mol. The van der Waals surface area contributed by atoms with Gasteiger partial charge in [-0.3, -0.25) is 0 Å². The molecule has 2 nitrogen and oxygen atoms in total. The predicted octanol–water partition coefficient (Wildman–Crippen LogP) is 2.98. The molecule has 3 rings (SSSR count). The van der Waals surface area contributed by atoms with Crippen LogP contribution in [0.1, 0.15) is 18.5 Å². The molecule has 2 aromatic carbocycles. The van der Waals surface area contributed by atoms with Gasteiger partial charge in [0.15, 0.2) is 0 Å². The van der Waals surface area contributed by atoms with E-state index in [1.165, 1.54) is 16.7 Å². The first-order chi connectivity index (χ1) is 9.34. The molecule has 1 aliphatic heterocycles. The molecule has 0 radical (unpaired) electrons. The summed E-state index contributed by atoms with van der Waals surface area (Å²) in [4.78, 5) is 0. The average Bonchev–Trinajstić information content (AvgIpc) is 2.49. The molecule has 1 saturated heterocycles. The maximum atomic E-state index is 3.60. The molecule has 0 aromatic heterocycles. The topological polar surface area (TPSA) is 24.1 Å².